The lowest BCUT2D eigenvalue weighted by Crippen LogP contribution is -2.35. The molecule has 2 N–H and O–H groups in total. The first-order valence-corrected chi connectivity index (χ1v) is 4.90. The van der Waals surface area contributed by atoms with Crippen LogP contribution in [0.25, 0.3) is 0 Å². The van der Waals surface area contributed by atoms with Crippen LogP contribution in [0, 0.1) is 5.41 Å². The van der Waals surface area contributed by atoms with Crippen LogP contribution in [0.2, 0.25) is 0 Å². The Kier molecular flexibility index (Phi) is 3.33. The van der Waals surface area contributed by atoms with E-state index in [0.717, 1.165) is 6.42 Å². The summed E-state index contributed by atoms with van der Waals surface area (Å²) in [4.78, 5) is 14.5. The molecule has 14 heavy (non-hydrogen) atoms. The van der Waals surface area contributed by atoms with Crippen LogP contribution in [0.5, 0.6) is 0 Å². The summed E-state index contributed by atoms with van der Waals surface area (Å²) in [5.74, 6) is 0.105. The molecule has 0 spiro atoms. The summed E-state index contributed by atoms with van der Waals surface area (Å²) >= 11 is 0. The number of hydrogen-bond acceptors (Lipinski definition) is 1. The van der Waals surface area contributed by atoms with Gasteiger partial charge < -0.3 is 10.3 Å². The van der Waals surface area contributed by atoms with Gasteiger partial charge in [-0.2, -0.15) is 0 Å². The SMILES string of the molecule is CC(C)(C)C(=O)NCCc1cc[nH]c1. The van der Waals surface area contributed by atoms with Crippen molar-refractivity contribution in [2.75, 3.05) is 6.54 Å². The van der Waals surface area contributed by atoms with Gasteiger partial charge in [0.25, 0.3) is 0 Å². The molecule has 1 rings (SSSR count). The van der Waals surface area contributed by atoms with E-state index >= 15 is 0 Å². The monoisotopic (exact) mass is 194 g/mol. The molecule has 0 aliphatic rings. The van der Waals surface area contributed by atoms with Crippen LogP contribution in [-0.4, -0.2) is 17.4 Å². The molecule has 1 heterocycles. The molecule has 0 unspecified atom stereocenters. The molecule has 1 aromatic heterocycles. The third kappa shape index (κ3) is 3.24. The van der Waals surface area contributed by atoms with E-state index in [0.29, 0.717) is 6.54 Å². The Morgan fingerprint density at radius 2 is 2.21 bits per heavy atom. The number of hydrogen-bond donors (Lipinski definition) is 2. The Balaban J connectivity index is 2.26. The maximum Gasteiger partial charge on any atom is 0.225 e. The largest absolute Gasteiger partial charge is 0.367 e. The molecule has 0 saturated heterocycles. The van der Waals surface area contributed by atoms with Crippen molar-refractivity contribution < 1.29 is 4.79 Å². The van der Waals surface area contributed by atoms with E-state index in [4.69, 9.17) is 0 Å². The van der Waals surface area contributed by atoms with Crippen molar-refractivity contribution in [3.63, 3.8) is 0 Å². The summed E-state index contributed by atoms with van der Waals surface area (Å²) in [5.41, 5.74) is 0.928. The molecule has 0 bridgehead atoms. The highest BCUT2D eigenvalue weighted by atomic mass is 16.2. The predicted molar refractivity (Wildman–Crippen MR) is 57.0 cm³/mol. The number of carbonyl (C=O) groups excluding carboxylic acids is 1. The Labute approximate surface area is 84.9 Å². The van der Waals surface area contributed by atoms with Crippen LogP contribution in [0.4, 0.5) is 0 Å². The van der Waals surface area contributed by atoms with Gasteiger partial charge in [0, 0.05) is 24.4 Å². The van der Waals surface area contributed by atoms with Crippen molar-refractivity contribution in [3.05, 3.63) is 24.0 Å². The lowest BCUT2D eigenvalue weighted by molar-refractivity contribution is -0.128. The summed E-state index contributed by atoms with van der Waals surface area (Å²) in [6.45, 7) is 6.45. The van der Waals surface area contributed by atoms with Gasteiger partial charge in [0.2, 0.25) is 5.91 Å². The molecule has 78 valence electrons. The molecular formula is C11H18N2O. The zero-order valence-corrected chi connectivity index (χ0v) is 9.05. The minimum absolute atomic E-state index is 0.105. The highest BCUT2D eigenvalue weighted by molar-refractivity contribution is 5.81. The van der Waals surface area contributed by atoms with Crippen molar-refractivity contribution in [2.24, 2.45) is 5.41 Å². The first-order valence-electron chi connectivity index (χ1n) is 4.90. The summed E-state index contributed by atoms with van der Waals surface area (Å²) in [6.07, 6.45) is 4.72. The lowest BCUT2D eigenvalue weighted by atomic mass is 9.96. The van der Waals surface area contributed by atoms with Gasteiger partial charge in [-0.05, 0) is 18.1 Å². The molecular weight excluding hydrogens is 176 g/mol. The van der Waals surface area contributed by atoms with Gasteiger partial charge in [-0.15, -0.1) is 0 Å². The van der Waals surface area contributed by atoms with Crippen LogP contribution in [0.3, 0.4) is 0 Å². The maximum absolute atomic E-state index is 11.5. The molecule has 3 nitrogen and oxygen atoms in total. The molecule has 3 heteroatoms. The van der Waals surface area contributed by atoms with Gasteiger partial charge in [0.05, 0.1) is 0 Å². The van der Waals surface area contributed by atoms with Gasteiger partial charge in [-0.1, -0.05) is 20.8 Å². The zero-order valence-electron chi connectivity index (χ0n) is 9.05. The van der Waals surface area contributed by atoms with Gasteiger partial charge in [-0.25, -0.2) is 0 Å². The minimum atomic E-state index is -0.294. The van der Waals surface area contributed by atoms with E-state index < -0.39 is 0 Å². The number of nitrogens with one attached hydrogen (secondary N) is 2. The van der Waals surface area contributed by atoms with Crippen molar-refractivity contribution in [2.45, 2.75) is 27.2 Å². The van der Waals surface area contributed by atoms with Crippen LogP contribution < -0.4 is 5.32 Å². The number of H-pyrrole nitrogens is 1. The topological polar surface area (TPSA) is 44.9 Å². The lowest BCUT2D eigenvalue weighted by Gasteiger charge is -2.17. The number of aromatic amines is 1. The van der Waals surface area contributed by atoms with Gasteiger partial charge >= 0.3 is 0 Å². The highest BCUT2D eigenvalue weighted by Gasteiger charge is 2.20. The Bertz CT molecular complexity index is 283. The second kappa shape index (κ2) is 4.31. The second-order valence-corrected chi connectivity index (χ2v) is 4.48. The van der Waals surface area contributed by atoms with Crippen molar-refractivity contribution >= 4 is 5.91 Å². The fraction of sp³-hybridized carbons (Fsp3) is 0.545. The zero-order chi connectivity index (χ0) is 10.6. The number of aromatic nitrogens is 1. The number of carbonyl (C=O) groups is 1. The number of rotatable bonds is 3. The smallest absolute Gasteiger partial charge is 0.225 e. The first-order chi connectivity index (χ1) is 6.50. The summed E-state index contributed by atoms with van der Waals surface area (Å²) < 4.78 is 0. The summed E-state index contributed by atoms with van der Waals surface area (Å²) in [5, 5.41) is 2.91. The van der Waals surface area contributed by atoms with E-state index in [1.807, 2.05) is 39.2 Å². The summed E-state index contributed by atoms with van der Waals surface area (Å²) in [6, 6.07) is 2.02. The molecule has 1 amide bonds. The van der Waals surface area contributed by atoms with E-state index in [9.17, 15) is 4.79 Å². The van der Waals surface area contributed by atoms with Crippen LogP contribution >= 0.6 is 0 Å². The predicted octanol–water partition coefficient (Wildman–Crippen LogP) is 1.72. The number of amides is 1. The molecule has 0 aromatic carbocycles. The standard InChI is InChI=1S/C11H18N2O/c1-11(2,3)10(14)13-7-5-9-4-6-12-8-9/h4,6,8,12H,5,7H2,1-3H3,(H,13,14). The van der Waals surface area contributed by atoms with E-state index in [-0.39, 0.29) is 11.3 Å². The quantitative estimate of drug-likeness (QED) is 0.756. The molecule has 1 aromatic rings. The van der Waals surface area contributed by atoms with Crippen molar-refractivity contribution in [1.82, 2.24) is 10.3 Å². The Morgan fingerprint density at radius 3 is 2.71 bits per heavy atom. The third-order valence-corrected chi connectivity index (χ3v) is 2.04. The molecule has 0 radical (unpaired) electrons. The molecule has 0 aliphatic heterocycles. The Morgan fingerprint density at radius 1 is 1.50 bits per heavy atom. The van der Waals surface area contributed by atoms with Crippen molar-refractivity contribution in [1.29, 1.82) is 0 Å². The summed E-state index contributed by atoms with van der Waals surface area (Å²) in [7, 11) is 0. The third-order valence-electron chi connectivity index (χ3n) is 2.04. The fourth-order valence-corrected chi connectivity index (χ4v) is 1.10. The molecule has 0 aliphatic carbocycles. The van der Waals surface area contributed by atoms with Gasteiger partial charge in [0.15, 0.2) is 0 Å². The molecule has 0 atom stereocenters. The maximum atomic E-state index is 11.5. The average Bonchev–Trinajstić information content (AvgIpc) is 2.55. The van der Waals surface area contributed by atoms with Crippen LogP contribution in [0.1, 0.15) is 26.3 Å². The highest BCUT2D eigenvalue weighted by Crippen LogP contribution is 2.12. The molecule has 0 fully saturated rings. The van der Waals surface area contributed by atoms with E-state index in [1.165, 1.54) is 5.56 Å². The van der Waals surface area contributed by atoms with E-state index in [1.54, 1.807) is 0 Å². The van der Waals surface area contributed by atoms with Crippen molar-refractivity contribution in [3.8, 4) is 0 Å². The average molecular weight is 194 g/mol. The Hall–Kier alpha value is -1.25. The molecule has 0 saturated carbocycles. The first kappa shape index (κ1) is 10.8. The normalized spacial score (nSPS) is 11.4. The fourth-order valence-electron chi connectivity index (χ4n) is 1.10. The van der Waals surface area contributed by atoms with Gasteiger partial charge in [-0.3, -0.25) is 4.79 Å². The van der Waals surface area contributed by atoms with E-state index in [2.05, 4.69) is 10.3 Å². The van der Waals surface area contributed by atoms with Crippen LogP contribution in [-0.2, 0) is 11.2 Å². The van der Waals surface area contributed by atoms with Gasteiger partial charge in [0.1, 0.15) is 0 Å². The minimum Gasteiger partial charge on any atom is -0.367 e. The van der Waals surface area contributed by atoms with Crippen LogP contribution in [0.15, 0.2) is 18.5 Å². The second-order valence-electron chi connectivity index (χ2n) is 4.48.